The van der Waals surface area contributed by atoms with Crippen LogP contribution in [0, 0.1) is 11.2 Å². The molecule has 11 nitrogen and oxygen atoms in total. The summed E-state index contributed by atoms with van der Waals surface area (Å²) in [5.74, 6) is -0.760. The third-order valence-corrected chi connectivity index (χ3v) is 9.08. The minimum absolute atomic E-state index is 0.0752. The second-order valence-corrected chi connectivity index (χ2v) is 12.4. The predicted octanol–water partition coefficient (Wildman–Crippen LogP) is 5.47. The van der Waals surface area contributed by atoms with Crippen molar-refractivity contribution in [3.05, 3.63) is 90.0 Å². The highest BCUT2D eigenvalue weighted by atomic mass is 19.1. The van der Waals surface area contributed by atoms with Crippen LogP contribution >= 0.6 is 0 Å². The lowest BCUT2D eigenvalue weighted by Crippen LogP contribution is -2.29. The maximum absolute atomic E-state index is 15.4. The number of amides is 2. The van der Waals surface area contributed by atoms with Crippen molar-refractivity contribution in [1.29, 1.82) is 0 Å². The number of nitrogens with zero attached hydrogens (tertiary/aromatic N) is 2. The topological polar surface area (TPSA) is 134 Å². The second-order valence-electron chi connectivity index (χ2n) is 12.4. The largest absolute Gasteiger partial charge is 0.493 e. The van der Waals surface area contributed by atoms with Gasteiger partial charge in [-0.1, -0.05) is 18.2 Å². The van der Waals surface area contributed by atoms with E-state index in [1.165, 1.54) is 12.1 Å². The van der Waals surface area contributed by atoms with Crippen LogP contribution in [-0.4, -0.2) is 73.3 Å². The summed E-state index contributed by atoms with van der Waals surface area (Å²) in [6, 6.07) is 17.9. The number of aliphatic hydroxyl groups excluding tert-OH is 1. The molecule has 49 heavy (non-hydrogen) atoms. The Kier molecular flexibility index (Phi) is 9.97. The highest BCUT2D eigenvalue weighted by molar-refractivity contribution is 6.26. The molecule has 1 atom stereocenters. The van der Waals surface area contributed by atoms with Crippen LogP contribution in [0.1, 0.15) is 26.2 Å². The lowest BCUT2D eigenvalue weighted by Gasteiger charge is -2.17. The Bertz CT molecular complexity index is 1880. The number of pyridine rings is 1. The van der Waals surface area contributed by atoms with Gasteiger partial charge in [0.2, 0.25) is 0 Å². The van der Waals surface area contributed by atoms with Crippen molar-refractivity contribution in [2.45, 2.75) is 32.3 Å². The van der Waals surface area contributed by atoms with Gasteiger partial charge in [-0.25, -0.2) is 4.39 Å². The van der Waals surface area contributed by atoms with E-state index in [0.29, 0.717) is 52.7 Å². The van der Waals surface area contributed by atoms with Crippen LogP contribution in [0.4, 0.5) is 15.8 Å². The second kappa shape index (κ2) is 14.5. The number of carbonyl (C=O) groups excluding carboxylic acids is 2. The molecule has 4 aromatic rings. The summed E-state index contributed by atoms with van der Waals surface area (Å²) < 4.78 is 33.0. The number of hydrogen-bond acceptors (Lipinski definition) is 9. The smallest absolute Gasteiger partial charge is 0.263 e. The standard InChI is InChI=1S/C37H40FN5O6/c1-23(39-2)34(35(45)41-24-8-5-4-6-9-24)36(46)42-25-10-11-30(27(38)18-25)49-29-12-15-40-28-20-32(31(47-3)19-26(28)29)48-17-7-16-43-21-33(44)37(22-43)13-14-37/h4-6,8-12,15,18-20,33,39,44H,7,13-14,16-17,21-22H2,1-3H3,(H,41,45)(H,42,46)/b34-23+. The Morgan fingerprint density at radius 3 is 2.41 bits per heavy atom. The first kappa shape index (κ1) is 33.7. The summed E-state index contributed by atoms with van der Waals surface area (Å²) >= 11 is 0. The van der Waals surface area contributed by atoms with Crippen LogP contribution in [0.3, 0.4) is 0 Å². The zero-order valence-electron chi connectivity index (χ0n) is 27.7. The van der Waals surface area contributed by atoms with Gasteiger partial charge in [-0.3, -0.25) is 19.5 Å². The molecule has 2 heterocycles. The van der Waals surface area contributed by atoms with Crippen molar-refractivity contribution in [2.75, 3.05) is 51.0 Å². The first-order valence-corrected chi connectivity index (χ1v) is 16.2. The number of carbonyl (C=O) groups is 2. The maximum Gasteiger partial charge on any atom is 0.263 e. The van der Waals surface area contributed by atoms with Gasteiger partial charge in [0.15, 0.2) is 23.1 Å². The molecule has 0 bridgehead atoms. The van der Waals surface area contributed by atoms with E-state index in [1.807, 2.05) is 6.07 Å². The summed E-state index contributed by atoms with van der Waals surface area (Å²) in [7, 11) is 3.14. The number of hydrogen-bond donors (Lipinski definition) is 4. The number of rotatable bonds is 13. The zero-order chi connectivity index (χ0) is 34.5. The third kappa shape index (κ3) is 7.60. The summed E-state index contributed by atoms with van der Waals surface area (Å²) in [4.78, 5) is 32.9. The molecule has 1 saturated carbocycles. The summed E-state index contributed by atoms with van der Waals surface area (Å²) in [6.45, 7) is 4.57. The number of aromatic nitrogens is 1. The fourth-order valence-corrected chi connectivity index (χ4v) is 6.09. The van der Waals surface area contributed by atoms with E-state index in [1.54, 1.807) is 69.7 Å². The summed E-state index contributed by atoms with van der Waals surface area (Å²) in [5.41, 5.74) is 1.56. The Morgan fingerprint density at radius 2 is 1.73 bits per heavy atom. The summed E-state index contributed by atoms with van der Waals surface area (Å²) in [5, 5.41) is 19.0. The molecule has 1 aliphatic heterocycles. The fourth-order valence-electron chi connectivity index (χ4n) is 6.09. The van der Waals surface area contributed by atoms with Crippen LogP contribution in [0.2, 0.25) is 0 Å². The van der Waals surface area contributed by atoms with Crippen molar-refractivity contribution in [1.82, 2.24) is 15.2 Å². The van der Waals surface area contributed by atoms with Crippen LogP contribution in [-0.2, 0) is 9.59 Å². The van der Waals surface area contributed by atoms with Crippen molar-refractivity contribution in [3.8, 4) is 23.0 Å². The highest BCUT2D eigenvalue weighted by Crippen LogP contribution is 2.52. The van der Waals surface area contributed by atoms with Gasteiger partial charge in [0.1, 0.15) is 11.3 Å². The van der Waals surface area contributed by atoms with Crippen molar-refractivity contribution in [3.63, 3.8) is 0 Å². The molecule has 2 fully saturated rings. The van der Waals surface area contributed by atoms with E-state index in [9.17, 15) is 14.7 Å². The van der Waals surface area contributed by atoms with Gasteiger partial charge < -0.3 is 35.3 Å². The number of likely N-dealkylation sites (tertiary alicyclic amines) is 1. The lowest BCUT2D eigenvalue weighted by molar-refractivity contribution is -0.118. The third-order valence-electron chi connectivity index (χ3n) is 9.08. The number of anilines is 2. The highest BCUT2D eigenvalue weighted by Gasteiger charge is 2.54. The van der Waals surface area contributed by atoms with Gasteiger partial charge in [-0.05, 0) is 62.6 Å². The van der Waals surface area contributed by atoms with Crippen LogP contribution in [0.15, 0.2) is 84.2 Å². The van der Waals surface area contributed by atoms with E-state index in [4.69, 9.17) is 14.2 Å². The molecule has 2 amide bonds. The molecule has 6 rings (SSSR count). The molecule has 1 spiro atoms. The van der Waals surface area contributed by atoms with E-state index in [0.717, 1.165) is 38.4 Å². The SMILES string of the molecule is CN/C(C)=C(\C(=O)Nc1ccccc1)C(=O)Nc1ccc(Oc2ccnc3cc(OCCCN4CC(O)C5(CC5)C4)c(OC)cc23)c(F)c1. The van der Waals surface area contributed by atoms with E-state index >= 15 is 4.39 Å². The number of para-hydroxylation sites is 1. The van der Waals surface area contributed by atoms with Crippen LogP contribution in [0.25, 0.3) is 10.9 Å². The quantitative estimate of drug-likeness (QED) is 0.0633. The molecule has 3 aromatic carbocycles. The Labute approximate surface area is 284 Å². The van der Waals surface area contributed by atoms with Gasteiger partial charge >= 0.3 is 0 Å². The number of nitrogens with one attached hydrogen (secondary N) is 3. The Morgan fingerprint density at radius 1 is 0.980 bits per heavy atom. The first-order valence-electron chi connectivity index (χ1n) is 16.2. The molecular formula is C37H40FN5O6. The molecule has 1 saturated heterocycles. The Balaban J connectivity index is 1.11. The molecule has 2 aliphatic rings. The zero-order valence-corrected chi connectivity index (χ0v) is 27.7. The molecular weight excluding hydrogens is 629 g/mol. The molecule has 4 N–H and O–H groups in total. The Hall–Kier alpha value is -5.20. The molecule has 1 aliphatic carbocycles. The van der Waals surface area contributed by atoms with Gasteiger partial charge in [-0.15, -0.1) is 0 Å². The van der Waals surface area contributed by atoms with E-state index in [2.05, 4.69) is 25.8 Å². The van der Waals surface area contributed by atoms with Gasteiger partial charge in [0, 0.05) is 72.9 Å². The monoisotopic (exact) mass is 669 g/mol. The van der Waals surface area contributed by atoms with Crippen molar-refractivity contribution in [2.24, 2.45) is 5.41 Å². The lowest BCUT2D eigenvalue weighted by atomic mass is 10.0. The predicted molar refractivity (Wildman–Crippen MR) is 184 cm³/mol. The number of methoxy groups -OCH3 is 1. The number of halogens is 1. The van der Waals surface area contributed by atoms with E-state index in [-0.39, 0.29) is 28.5 Å². The van der Waals surface area contributed by atoms with Crippen LogP contribution < -0.4 is 30.2 Å². The van der Waals surface area contributed by atoms with Gasteiger partial charge in [-0.2, -0.15) is 0 Å². The minimum atomic E-state index is -0.725. The van der Waals surface area contributed by atoms with Crippen molar-refractivity contribution >= 4 is 34.1 Å². The number of β-amino-alcohol motifs (C(OH)–C–C–N with tert-alkyl or cyclic N) is 1. The molecule has 1 unspecified atom stereocenters. The van der Waals surface area contributed by atoms with Gasteiger partial charge in [0.05, 0.1) is 25.3 Å². The summed E-state index contributed by atoms with van der Waals surface area (Å²) in [6.07, 6.45) is 4.34. The molecule has 256 valence electrons. The molecule has 1 aromatic heterocycles. The maximum atomic E-state index is 15.4. The molecule has 0 radical (unpaired) electrons. The number of fused-ring (bicyclic) bond motifs is 1. The fraction of sp³-hybridized carbons (Fsp3) is 0.324. The minimum Gasteiger partial charge on any atom is -0.493 e. The number of allylic oxidation sites excluding steroid dienone is 1. The van der Waals surface area contributed by atoms with Crippen molar-refractivity contribution < 1.29 is 33.3 Å². The van der Waals surface area contributed by atoms with Crippen LogP contribution in [0.5, 0.6) is 23.0 Å². The normalized spacial score (nSPS) is 17.0. The van der Waals surface area contributed by atoms with E-state index < -0.39 is 17.6 Å². The first-order chi connectivity index (χ1) is 23.7. The average molecular weight is 670 g/mol. The average Bonchev–Trinajstić information content (AvgIpc) is 3.81. The van der Waals surface area contributed by atoms with Gasteiger partial charge in [0.25, 0.3) is 11.8 Å². The number of ether oxygens (including phenoxy) is 3. The number of aliphatic hydroxyl groups is 1. The number of benzene rings is 3. The molecule has 12 heteroatoms.